The van der Waals surface area contributed by atoms with Crippen molar-refractivity contribution in [2.24, 2.45) is 0 Å². The van der Waals surface area contributed by atoms with Crippen molar-refractivity contribution in [2.45, 2.75) is 19.9 Å². The summed E-state index contributed by atoms with van der Waals surface area (Å²) < 4.78 is 0. The van der Waals surface area contributed by atoms with Gasteiger partial charge in [0, 0.05) is 12.2 Å². The number of urea groups is 1. The van der Waals surface area contributed by atoms with Crippen LogP contribution >= 0.6 is 0 Å². The molecule has 1 aromatic heterocycles. The highest BCUT2D eigenvalue weighted by Crippen LogP contribution is 1.99. The minimum Gasteiger partial charge on any atom is -0.336 e. The molecule has 2 amide bonds. The van der Waals surface area contributed by atoms with E-state index in [9.17, 15) is 4.79 Å². The van der Waals surface area contributed by atoms with Crippen LogP contribution in [-0.2, 0) is 0 Å². The van der Waals surface area contributed by atoms with Crippen molar-refractivity contribution in [1.82, 2.24) is 15.5 Å². The van der Waals surface area contributed by atoms with Gasteiger partial charge < -0.3 is 10.6 Å². The molecular weight excluding hydrogens is 156 g/mol. The smallest absolute Gasteiger partial charge is 0.319 e. The summed E-state index contributed by atoms with van der Waals surface area (Å²) in [5.74, 6) is 0. The van der Waals surface area contributed by atoms with E-state index < -0.39 is 0 Å². The lowest BCUT2D eigenvalue weighted by atomic mass is 10.4. The molecule has 5 nitrogen and oxygen atoms in total. The van der Waals surface area contributed by atoms with E-state index in [2.05, 4.69) is 20.8 Å². The molecule has 0 saturated heterocycles. The first kappa shape index (κ1) is 8.58. The van der Waals surface area contributed by atoms with Crippen LogP contribution in [0.1, 0.15) is 13.8 Å². The molecule has 1 heterocycles. The van der Waals surface area contributed by atoms with Crippen molar-refractivity contribution in [1.29, 1.82) is 0 Å². The van der Waals surface area contributed by atoms with Crippen LogP contribution in [0.4, 0.5) is 10.5 Å². The molecule has 5 heteroatoms. The van der Waals surface area contributed by atoms with Gasteiger partial charge in [-0.1, -0.05) is 0 Å². The molecule has 0 aliphatic heterocycles. The zero-order valence-corrected chi connectivity index (χ0v) is 7.09. The van der Waals surface area contributed by atoms with Gasteiger partial charge in [0.2, 0.25) is 0 Å². The summed E-state index contributed by atoms with van der Waals surface area (Å²) in [4.78, 5) is 11.1. The number of aromatic nitrogens is 2. The zero-order valence-electron chi connectivity index (χ0n) is 7.09. The summed E-state index contributed by atoms with van der Waals surface area (Å²) in [6.07, 6.45) is 3.15. The number of carbonyl (C=O) groups is 1. The van der Waals surface area contributed by atoms with Crippen molar-refractivity contribution in [3.8, 4) is 0 Å². The van der Waals surface area contributed by atoms with Gasteiger partial charge in [0.1, 0.15) is 0 Å². The standard InChI is InChI=1S/C7H12N4O/c1-5(2)10-7(12)11-6-3-8-9-4-6/h3-5H,1-2H3,(H,8,9)(H2,10,11,12). The molecule has 3 N–H and O–H groups in total. The molecule has 0 atom stereocenters. The van der Waals surface area contributed by atoms with E-state index >= 15 is 0 Å². The van der Waals surface area contributed by atoms with Gasteiger partial charge in [-0.05, 0) is 13.8 Å². The summed E-state index contributed by atoms with van der Waals surface area (Å²) in [6, 6.07) is -0.0803. The topological polar surface area (TPSA) is 69.8 Å². The minimum atomic E-state index is -0.216. The van der Waals surface area contributed by atoms with Gasteiger partial charge >= 0.3 is 6.03 Å². The Balaban J connectivity index is 2.37. The lowest BCUT2D eigenvalue weighted by molar-refractivity contribution is 0.250. The minimum absolute atomic E-state index is 0.136. The molecule has 0 saturated carbocycles. The largest absolute Gasteiger partial charge is 0.336 e. The van der Waals surface area contributed by atoms with E-state index in [0.29, 0.717) is 5.69 Å². The molecule has 12 heavy (non-hydrogen) atoms. The normalized spacial score (nSPS) is 9.92. The van der Waals surface area contributed by atoms with Crippen LogP contribution in [-0.4, -0.2) is 22.3 Å². The molecule has 1 aromatic rings. The number of amides is 2. The summed E-state index contributed by atoms with van der Waals surface area (Å²) in [5, 5.41) is 11.6. The van der Waals surface area contributed by atoms with E-state index in [0.717, 1.165) is 0 Å². The summed E-state index contributed by atoms with van der Waals surface area (Å²) >= 11 is 0. The first-order valence-electron chi connectivity index (χ1n) is 3.75. The average molecular weight is 168 g/mol. The van der Waals surface area contributed by atoms with Crippen LogP contribution in [0.25, 0.3) is 0 Å². The lowest BCUT2D eigenvalue weighted by Gasteiger charge is -2.07. The van der Waals surface area contributed by atoms with E-state index in [-0.39, 0.29) is 12.1 Å². The van der Waals surface area contributed by atoms with Crippen LogP contribution in [0.2, 0.25) is 0 Å². The summed E-state index contributed by atoms with van der Waals surface area (Å²) in [6.45, 7) is 3.80. The van der Waals surface area contributed by atoms with Crippen molar-refractivity contribution in [3.05, 3.63) is 12.4 Å². The van der Waals surface area contributed by atoms with Crippen molar-refractivity contribution >= 4 is 11.7 Å². The molecule has 0 radical (unpaired) electrons. The number of carbonyl (C=O) groups excluding carboxylic acids is 1. The van der Waals surface area contributed by atoms with Gasteiger partial charge in [0.05, 0.1) is 11.9 Å². The molecular formula is C7H12N4O. The molecule has 0 spiro atoms. The molecule has 1 rings (SSSR count). The molecule has 0 bridgehead atoms. The molecule has 0 unspecified atom stereocenters. The number of nitrogens with one attached hydrogen (secondary N) is 3. The van der Waals surface area contributed by atoms with E-state index in [4.69, 9.17) is 0 Å². The quantitative estimate of drug-likeness (QED) is 0.615. The number of anilines is 1. The number of hydrogen-bond acceptors (Lipinski definition) is 2. The fraction of sp³-hybridized carbons (Fsp3) is 0.429. The lowest BCUT2D eigenvalue weighted by Crippen LogP contribution is -2.33. The first-order chi connectivity index (χ1) is 5.68. The Kier molecular flexibility index (Phi) is 2.68. The second-order valence-electron chi connectivity index (χ2n) is 2.74. The number of hydrogen-bond donors (Lipinski definition) is 3. The van der Waals surface area contributed by atoms with Crippen molar-refractivity contribution < 1.29 is 4.79 Å². The Labute approximate surface area is 70.5 Å². The highest BCUT2D eigenvalue weighted by Gasteiger charge is 2.02. The van der Waals surface area contributed by atoms with Crippen LogP contribution in [0, 0.1) is 0 Å². The summed E-state index contributed by atoms with van der Waals surface area (Å²) in [7, 11) is 0. The molecule has 66 valence electrons. The molecule has 0 aromatic carbocycles. The van der Waals surface area contributed by atoms with Gasteiger partial charge in [-0.15, -0.1) is 0 Å². The Bertz CT molecular complexity index is 242. The number of H-pyrrole nitrogens is 1. The highest BCUT2D eigenvalue weighted by atomic mass is 16.2. The number of aromatic amines is 1. The predicted molar refractivity (Wildman–Crippen MR) is 45.9 cm³/mol. The van der Waals surface area contributed by atoms with Crippen LogP contribution in [0.3, 0.4) is 0 Å². The fourth-order valence-corrected chi connectivity index (χ4v) is 0.749. The maximum Gasteiger partial charge on any atom is 0.319 e. The third-order valence-electron chi connectivity index (χ3n) is 1.18. The maximum absolute atomic E-state index is 11.1. The predicted octanol–water partition coefficient (Wildman–Crippen LogP) is 0.940. The number of rotatable bonds is 2. The van der Waals surface area contributed by atoms with E-state index in [1.165, 1.54) is 0 Å². The fourth-order valence-electron chi connectivity index (χ4n) is 0.749. The average Bonchev–Trinajstić information content (AvgIpc) is 2.37. The van der Waals surface area contributed by atoms with Gasteiger partial charge in [0.25, 0.3) is 0 Å². The number of nitrogens with zero attached hydrogens (tertiary/aromatic N) is 1. The van der Waals surface area contributed by atoms with Crippen LogP contribution < -0.4 is 10.6 Å². The second kappa shape index (κ2) is 3.75. The highest BCUT2D eigenvalue weighted by molar-refractivity contribution is 5.88. The van der Waals surface area contributed by atoms with E-state index in [1.807, 2.05) is 13.8 Å². The van der Waals surface area contributed by atoms with Gasteiger partial charge in [-0.3, -0.25) is 5.10 Å². The Morgan fingerprint density at radius 3 is 2.92 bits per heavy atom. The zero-order chi connectivity index (χ0) is 8.97. The molecule has 0 fully saturated rings. The Morgan fingerprint density at radius 2 is 2.42 bits per heavy atom. The monoisotopic (exact) mass is 168 g/mol. The first-order valence-corrected chi connectivity index (χ1v) is 3.75. The van der Waals surface area contributed by atoms with Crippen LogP contribution in [0.5, 0.6) is 0 Å². The van der Waals surface area contributed by atoms with Crippen molar-refractivity contribution in [2.75, 3.05) is 5.32 Å². The summed E-state index contributed by atoms with van der Waals surface area (Å²) in [5.41, 5.74) is 0.660. The SMILES string of the molecule is CC(C)NC(=O)Nc1cn[nH]c1. The Morgan fingerprint density at radius 1 is 1.67 bits per heavy atom. The van der Waals surface area contributed by atoms with Crippen molar-refractivity contribution in [3.63, 3.8) is 0 Å². The maximum atomic E-state index is 11.1. The third-order valence-corrected chi connectivity index (χ3v) is 1.18. The molecule has 0 aliphatic carbocycles. The van der Waals surface area contributed by atoms with Gasteiger partial charge in [-0.25, -0.2) is 4.79 Å². The van der Waals surface area contributed by atoms with Crippen LogP contribution in [0.15, 0.2) is 12.4 Å². The van der Waals surface area contributed by atoms with Gasteiger partial charge in [0.15, 0.2) is 0 Å². The molecule has 0 aliphatic rings. The van der Waals surface area contributed by atoms with Gasteiger partial charge in [-0.2, -0.15) is 5.10 Å². The Hall–Kier alpha value is -1.52. The second-order valence-corrected chi connectivity index (χ2v) is 2.74. The third kappa shape index (κ3) is 2.61. The van der Waals surface area contributed by atoms with E-state index in [1.54, 1.807) is 12.4 Å².